The number of benzene rings is 1. The van der Waals surface area contributed by atoms with Gasteiger partial charge in [-0.1, -0.05) is 13.0 Å². The monoisotopic (exact) mass is 287 g/mol. The van der Waals surface area contributed by atoms with E-state index in [-0.39, 0.29) is 0 Å². The summed E-state index contributed by atoms with van der Waals surface area (Å²) in [6.07, 6.45) is 6.56. The molecule has 3 rings (SSSR count). The maximum absolute atomic E-state index is 5.79. The molecule has 0 radical (unpaired) electrons. The Hall–Kier alpha value is -1.02. The van der Waals surface area contributed by atoms with Crippen molar-refractivity contribution in [1.29, 1.82) is 0 Å². The predicted molar refractivity (Wildman–Crippen MR) is 88.1 cm³/mol. The summed E-state index contributed by atoms with van der Waals surface area (Å²) in [5.74, 6) is 1.95. The molecule has 116 valence electrons. The minimum atomic E-state index is 0.760. The number of ether oxygens (including phenoxy) is 1. The van der Waals surface area contributed by atoms with Crippen LogP contribution in [-0.2, 0) is 12.8 Å². The zero-order valence-electron chi connectivity index (χ0n) is 13.8. The molecule has 0 N–H and O–H groups in total. The number of likely N-dealkylation sites (tertiary alicyclic amines) is 1. The minimum absolute atomic E-state index is 0.760. The molecule has 0 aromatic heterocycles. The molecule has 21 heavy (non-hydrogen) atoms. The SMILES string of the molecule is CCCN1CCC[C@@H]2Cc3c(ccc(OCC)c3C)CC21. The third-order valence-electron chi connectivity index (χ3n) is 5.39. The van der Waals surface area contributed by atoms with Gasteiger partial charge in [0.05, 0.1) is 6.61 Å². The molecule has 2 nitrogen and oxygen atoms in total. The summed E-state index contributed by atoms with van der Waals surface area (Å²) in [6.45, 7) is 9.96. The Morgan fingerprint density at radius 3 is 2.86 bits per heavy atom. The van der Waals surface area contributed by atoms with Crippen molar-refractivity contribution in [2.45, 2.75) is 58.9 Å². The fraction of sp³-hybridized carbons (Fsp3) is 0.684. The summed E-state index contributed by atoms with van der Waals surface area (Å²) in [7, 11) is 0. The van der Waals surface area contributed by atoms with Crippen LogP contribution < -0.4 is 4.74 Å². The summed E-state index contributed by atoms with van der Waals surface area (Å²) in [5.41, 5.74) is 4.54. The second-order valence-electron chi connectivity index (χ2n) is 6.67. The average molecular weight is 287 g/mol. The van der Waals surface area contributed by atoms with Gasteiger partial charge in [0.25, 0.3) is 0 Å². The van der Waals surface area contributed by atoms with E-state index < -0.39 is 0 Å². The molecule has 1 saturated heterocycles. The van der Waals surface area contributed by atoms with Crippen molar-refractivity contribution in [2.75, 3.05) is 19.7 Å². The Labute approximate surface area is 129 Å². The van der Waals surface area contributed by atoms with Gasteiger partial charge in [-0.3, -0.25) is 4.90 Å². The van der Waals surface area contributed by atoms with Gasteiger partial charge in [0.15, 0.2) is 0 Å². The van der Waals surface area contributed by atoms with Crippen molar-refractivity contribution >= 4 is 0 Å². The number of nitrogens with zero attached hydrogens (tertiary/aromatic N) is 1. The van der Waals surface area contributed by atoms with Crippen molar-refractivity contribution in [3.8, 4) is 5.75 Å². The van der Waals surface area contributed by atoms with Crippen LogP contribution in [0.25, 0.3) is 0 Å². The molecule has 2 atom stereocenters. The van der Waals surface area contributed by atoms with Gasteiger partial charge in [-0.05, 0) is 87.7 Å². The van der Waals surface area contributed by atoms with Crippen LogP contribution in [0.15, 0.2) is 12.1 Å². The Balaban J connectivity index is 1.87. The lowest BCUT2D eigenvalue weighted by molar-refractivity contribution is 0.0853. The van der Waals surface area contributed by atoms with Crippen LogP contribution in [0.1, 0.15) is 49.8 Å². The summed E-state index contributed by atoms with van der Waals surface area (Å²) < 4.78 is 5.79. The molecule has 0 spiro atoms. The first-order valence-electron chi connectivity index (χ1n) is 8.72. The molecule has 1 aliphatic carbocycles. The van der Waals surface area contributed by atoms with Gasteiger partial charge >= 0.3 is 0 Å². The third-order valence-corrected chi connectivity index (χ3v) is 5.39. The lowest BCUT2D eigenvalue weighted by atomic mass is 9.74. The molecule has 0 saturated carbocycles. The number of rotatable bonds is 4. The highest BCUT2D eigenvalue weighted by atomic mass is 16.5. The van der Waals surface area contributed by atoms with Crippen LogP contribution >= 0.6 is 0 Å². The highest BCUT2D eigenvalue weighted by molar-refractivity contribution is 5.46. The van der Waals surface area contributed by atoms with Crippen LogP contribution in [0.4, 0.5) is 0 Å². The number of fused-ring (bicyclic) bond motifs is 2. The Bertz CT molecular complexity index is 495. The van der Waals surface area contributed by atoms with E-state index >= 15 is 0 Å². The topological polar surface area (TPSA) is 12.5 Å². The zero-order chi connectivity index (χ0) is 14.8. The maximum atomic E-state index is 5.79. The van der Waals surface area contributed by atoms with Gasteiger partial charge in [0.1, 0.15) is 5.75 Å². The molecule has 0 bridgehead atoms. The van der Waals surface area contributed by atoms with E-state index in [2.05, 4.69) is 37.8 Å². The molecule has 0 amide bonds. The summed E-state index contributed by atoms with van der Waals surface area (Å²) >= 11 is 0. The third kappa shape index (κ3) is 2.83. The Kier molecular flexibility index (Phi) is 4.54. The molecule has 1 unspecified atom stereocenters. The molecular weight excluding hydrogens is 258 g/mol. The van der Waals surface area contributed by atoms with Crippen molar-refractivity contribution in [3.63, 3.8) is 0 Å². The number of hydrogen-bond donors (Lipinski definition) is 0. The summed E-state index contributed by atoms with van der Waals surface area (Å²) in [4.78, 5) is 2.75. The molecule has 2 heteroatoms. The smallest absolute Gasteiger partial charge is 0.122 e. The van der Waals surface area contributed by atoms with Crippen LogP contribution in [0.5, 0.6) is 5.75 Å². The highest BCUT2D eigenvalue weighted by Gasteiger charge is 2.35. The lowest BCUT2D eigenvalue weighted by Crippen LogP contribution is -2.49. The molecule has 1 heterocycles. The fourth-order valence-electron chi connectivity index (χ4n) is 4.38. The van der Waals surface area contributed by atoms with Crippen LogP contribution in [0, 0.1) is 12.8 Å². The predicted octanol–water partition coefficient (Wildman–Crippen LogP) is 3.98. The van der Waals surface area contributed by atoms with E-state index in [0.29, 0.717) is 0 Å². The zero-order valence-corrected chi connectivity index (χ0v) is 13.8. The maximum Gasteiger partial charge on any atom is 0.122 e. The Morgan fingerprint density at radius 1 is 1.24 bits per heavy atom. The second-order valence-corrected chi connectivity index (χ2v) is 6.67. The van der Waals surface area contributed by atoms with Gasteiger partial charge in [0.2, 0.25) is 0 Å². The van der Waals surface area contributed by atoms with Gasteiger partial charge < -0.3 is 4.74 Å². The normalized spacial score (nSPS) is 25.3. The van der Waals surface area contributed by atoms with Gasteiger partial charge in [-0.2, -0.15) is 0 Å². The number of hydrogen-bond acceptors (Lipinski definition) is 2. The van der Waals surface area contributed by atoms with E-state index in [9.17, 15) is 0 Å². The second kappa shape index (κ2) is 6.39. The van der Waals surface area contributed by atoms with E-state index in [0.717, 1.165) is 24.3 Å². The first-order valence-corrected chi connectivity index (χ1v) is 8.72. The average Bonchev–Trinajstić information content (AvgIpc) is 2.50. The van der Waals surface area contributed by atoms with E-state index in [1.165, 1.54) is 50.8 Å². The van der Waals surface area contributed by atoms with E-state index in [1.54, 1.807) is 11.1 Å². The van der Waals surface area contributed by atoms with E-state index in [1.807, 2.05) is 0 Å². The Morgan fingerprint density at radius 2 is 2.10 bits per heavy atom. The minimum Gasteiger partial charge on any atom is -0.494 e. The fourth-order valence-corrected chi connectivity index (χ4v) is 4.38. The first kappa shape index (κ1) is 14.9. The highest BCUT2D eigenvalue weighted by Crippen LogP contribution is 2.38. The lowest BCUT2D eigenvalue weighted by Gasteiger charge is -2.45. The summed E-state index contributed by atoms with van der Waals surface area (Å²) in [5, 5.41) is 0. The molecular formula is C19H29NO. The molecule has 1 aromatic carbocycles. The molecule has 1 fully saturated rings. The van der Waals surface area contributed by atoms with Crippen LogP contribution in [0.3, 0.4) is 0 Å². The quantitative estimate of drug-likeness (QED) is 0.830. The van der Waals surface area contributed by atoms with Gasteiger partial charge in [0, 0.05) is 6.04 Å². The largest absolute Gasteiger partial charge is 0.494 e. The standard InChI is InChI=1S/C19H29NO/c1-4-10-20-11-6-7-16-12-17-14(3)19(21-5-2)9-8-15(17)13-18(16)20/h8-9,16,18H,4-7,10-13H2,1-3H3/t16-,18?/m1/s1. The van der Waals surface area contributed by atoms with Crippen molar-refractivity contribution < 1.29 is 4.74 Å². The van der Waals surface area contributed by atoms with Crippen LogP contribution in [0.2, 0.25) is 0 Å². The summed E-state index contributed by atoms with van der Waals surface area (Å²) in [6, 6.07) is 5.29. The van der Waals surface area contributed by atoms with Gasteiger partial charge in [-0.25, -0.2) is 0 Å². The molecule has 1 aliphatic heterocycles. The first-order chi connectivity index (χ1) is 10.2. The van der Waals surface area contributed by atoms with Crippen molar-refractivity contribution in [1.82, 2.24) is 4.90 Å². The molecule has 2 aliphatic rings. The molecule has 1 aromatic rings. The number of piperidine rings is 1. The van der Waals surface area contributed by atoms with Gasteiger partial charge in [-0.15, -0.1) is 0 Å². The van der Waals surface area contributed by atoms with Crippen molar-refractivity contribution in [3.05, 3.63) is 28.8 Å². The van der Waals surface area contributed by atoms with E-state index in [4.69, 9.17) is 4.74 Å². The van der Waals surface area contributed by atoms with Crippen LogP contribution in [-0.4, -0.2) is 30.6 Å². The van der Waals surface area contributed by atoms with Crippen molar-refractivity contribution in [2.24, 2.45) is 5.92 Å².